The molecule has 0 radical (unpaired) electrons. The molecule has 1 aromatic carbocycles. The molecular formula is C13H9Br2ClN2O2. The van der Waals surface area contributed by atoms with Crippen molar-refractivity contribution in [1.82, 2.24) is 4.98 Å². The van der Waals surface area contributed by atoms with Crippen molar-refractivity contribution in [2.24, 2.45) is 0 Å². The molecule has 20 heavy (non-hydrogen) atoms. The van der Waals surface area contributed by atoms with Gasteiger partial charge in [0.25, 0.3) is 5.91 Å². The lowest BCUT2D eigenvalue weighted by molar-refractivity contribution is 0.102. The first-order chi connectivity index (χ1) is 9.52. The van der Waals surface area contributed by atoms with Crippen LogP contribution in [0.25, 0.3) is 0 Å². The van der Waals surface area contributed by atoms with E-state index in [9.17, 15) is 4.79 Å². The summed E-state index contributed by atoms with van der Waals surface area (Å²) in [4.78, 5) is 16.1. The fourth-order valence-electron chi connectivity index (χ4n) is 1.52. The van der Waals surface area contributed by atoms with Crippen molar-refractivity contribution in [3.05, 3.63) is 50.1 Å². The molecular weight excluding hydrogens is 411 g/mol. The van der Waals surface area contributed by atoms with E-state index in [1.54, 1.807) is 25.3 Å². The summed E-state index contributed by atoms with van der Waals surface area (Å²) in [5.41, 5.74) is 0.887. The zero-order chi connectivity index (χ0) is 14.7. The molecule has 104 valence electrons. The van der Waals surface area contributed by atoms with Gasteiger partial charge in [-0.3, -0.25) is 9.78 Å². The maximum Gasteiger partial charge on any atom is 0.258 e. The van der Waals surface area contributed by atoms with Crippen molar-refractivity contribution in [2.45, 2.75) is 0 Å². The number of pyridine rings is 1. The largest absolute Gasteiger partial charge is 0.495 e. The van der Waals surface area contributed by atoms with Crippen LogP contribution in [0.2, 0.25) is 5.02 Å². The van der Waals surface area contributed by atoms with Crippen molar-refractivity contribution < 1.29 is 9.53 Å². The van der Waals surface area contributed by atoms with E-state index < -0.39 is 0 Å². The van der Waals surface area contributed by atoms with Gasteiger partial charge < -0.3 is 10.1 Å². The Morgan fingerprint density at radius 2 is 2.10 bits per heavy atom. The van der Waals surface area contributed by atoms with Crippen LogP contribution < -0.4 is 10.1 Å². The van der Waals surface area contributed by atoms with Gasteiger partial charge in [-0.2, -0.15) is 0 Å². The Kier molecular flexibility index (Phi) is 5.01. The van der Waals surface area contributed by atoms with Crippen LogP contribution in [0.3, 0.4) is 0 Å². The topological polar surface area (TPSA) is 51.2 Å². The maximum absolute atomic E-state index is 12.2. The smallest absolute Gasteiger partial charge is 0.258 e. The van der Waals surface area contributed by atoms with Crippen LogP contribution in [0.1, 0.15) is 10.4 Å². The van der Waals surface area contributed by atoms with Crippen LogP contribution >= 0.6 is 43.5 Å². The molecule has 2 aromatic rings. The van der Waals surface area contributed by atoms with E-state index in [1.807, 2.05) is 0 Å². The highest BCUT2D eigenvalue weighted by atomic mass is 79.9. The zero-order valence-corrected chi connectivity index (χ0v) is 14.2. The van der Waals surface area contributed by atoms with Crippen LogP contribution in [0, 0.1) is 0 Å². The van der Waals surface area contributed by atoms with Gasteiger partial charge in [0.15, 0.2) is 0 Å². The molecule has 7 heteroatoms. The van der Waals surface area contributed by atoms with Gasteiger partial charge in [-0.05, 0) is 44.0 Å². The van der Waals surface area contributed by atoms with E-state index in [0.717, 1.165) is 8.95 Å². The second-order valence-corrected chi connectivity index (χ2v) is 5.89. The summed E-state index contributed by atoms with van der Waals surface area (Å²) >= 11 is 12.7. The van der Waals surface area contributed by atoms with E-state index in [4.69, 9.17) is 16.3 Å². The van der Waals surface area contributed by atoms with Crippen LogP contribution in [-0.4, -0.2) is 18.0 Å². The highest BCUT2D eigenvalue weighted by Crippen LogP contribution is 2.34. The number of benzene rings is 1. The summed E-state index contributed by atoms with van der Waals surface area (Å²) in [5, 5.41) is 3.10. The lowest BCUT2D eigenvalue weighted by Gasteiger charge is -2.11. The Morgan fingerprint density at radius 3 is 2.75 bits per heavy atom. The summed E-state index contributed by atoms with van der Waals surface area (Å²) in [6.45, 7) is 0. The minimum Gasteiger partial charge on any atom is -0.495 e. The Morgan fingerprint density at radius 1 is 1.35 bits per heavy atom. The minimum atomic E-state index is -0.340. The number of ether oxygens (including phenoxy) is 1. The third-order valence-corrected chi connectivity index (χ3v) is 4.11. The minimum absolute atomic E-state index is 0.308. The Balaban J connectivity index is 2.31. The van der Waals surface area contributed by atoms with E-state index in [1.165, 1.54) is 12.4 Å². The van der Waals surface area contributed by atoms with Crippen LogP contribution in [-0.2, 0) is 0 Å². The van der Waals surface area contributed by atoms with Gasteiger partial charge in [0.05, 0.1) is 27.9 Å². The molecule has 4 nitrogen and oxygen atoms in total. The highest BCUT2D eigenvalue weighted by molar-refractivity contribution is 9.11. The molecule has 1 heterocycles. The van der Waals surface area contributed by atoms with Gasteiger partial charge >= 0.3 is 0 Å². The summed E-state index contributed by atoms with van der Waals surface area (Å²) in [6, 6.07) is 5.06. The predicted molar refractivity (Wildman–Crippen MR) is 85.6 cm³/mol. The number of methoxy groups -OCH3 is 1. The second-order valence-electron chi connectivity index (χ2n) is 3.78. The monoisotopic (exact) mass is 418 g/mol. The number of nitrogens with one attached hydrogen (secondary N) is 1. The molecule has 1 N–H and O–H groups in total. The lowest BCUT2D eigenvalue weighted by atomic mass is 10.2. The first-order valence-electron chi connectivity index (χ1n) is 5.47. The number of hydrogen-bond donors (Lipinski definition) is 1. The molecule has 2 rings (SSSR count). The molecule has 1 aromatic heterocycles. The van der Waals surface area contributed by atoms with Crippen molar-refractivity contribution in [3.8, 4) is 5.75 Å². The summed E-state index contributed by atoms with van der Waals surface area (Å²) in [5.74, 6) is 0.272. The number of anilines is 1. The summed E-state index contributed by atoms with van der Waals surface area (Å²) < 4.78 is 6.70. The number of nitrogens with zero attached hydrogens (tertiary/aromatic N) is 1. The molecule has 0 saturated heterocycles. The fraction of sp³-hybridized carbons (Fsp3) is 0.0769. The predicted octanol–water partition coefficient (Wildman–Crippen LogP) is 4.52. The Labute approximate surface area is 137 Å². The van der Waals surface area contributed by atoms with Crippen LogP contribution in [0.4, 0.5) is 5.69 Å². The molecule has 0 aliphatic heterocycles. The quantitative estimate of drug-likeness (QED) is 0.794. The van der Waals surface area contributed by atoms with E-state index in [2.05, 4.69) is 42.2 Å². The van der Waals surface area contributed by atoms with Crippen LogP contribution in [0.15, 0.2) is 39.5 Å². The van der Waals surface area contributed by atoms with Crippen molar-refractivity contribution in [1.29, 1.82) is 0 Å². The average molecular weight is 420 g/mol. The van der Waals surface area contributed by atoms with Gasteiger partial charge in [0.1, 0.15) is 5.75 Å². The third-order valence-electron chi connectivity index (χ3n) is 2.50. The number of halogens is 3. The van der Waals surface area contributed by atoms with Gasteiger partial charge in [0.2, 0.25) is 0 Å². The zero-order valence-electron chi connectivity index (χ0n) is 10.3. The van der Waals surface area contributed by atoms with E-state index in [0.29, 0.717) is 22.0 Å². The lowest BCUT2D eigenvalue weighted by Crippen LogP contribution is -2.13. The van der Waals surface area contributed by atoms with Crippen LogP contribution in [0.5, 0.6) is 5.75 Å². The number of amides is 1. The van der Waals surface area contributed by atoms with Gasteiger partial charge in [-0.15, -0.1) is 0 Å². The van der Waals surface area contributed by atoms with Gasteiger partial charge in [-0.25, -0.2) is 0 Å². The molecule has 0 saturated carbocycles. The second kappa shape index (κ2) is 6.56. The average Bonchev–Trinajstić information content (AvgIpc) is 2.42. The molecule has 0 unspecified atom stereocenters. The first-order valence-corrected chi connectivity index (χ1v) is 7.43. The number of carbonyl (C=O) groups is 1. The van der Waals surface area contributed by atoms with Crippen molar-refractivity contribution in [2.75, 3.05) is 12.4 Å². The normalized spacial score (nSPS) is 10.2. The Bertz CT molecular complexity index is 665. The van der Waals surface area contributed by atoms with Crippen molar-refractivity contribution in [3.63, 3.8) is 0 Å². The molecule has 0 bridgehead atoms. The number of hydrogen-bond acceptors (Lipinski definition) is 3. The van der Waals surface area contributed by atoms with Crippen molar-refractivity contribution >= 4 is 55.1 Å². The third kappa shape index (κ3) is 3.31. The van der Waals surface area contributed by atoms with Gasteiger partial charge in [-0.1, -0.05) is 11.6 Å². The number of aromatic nitrogens is 1. The first kappa shape index (κ1) is 15.3. The number of rotatable bonds is 3. The Hall–Kier alpha value is -1.11. The maximum atomic E-state index is 12.2. The molecule has 0 fully saturated rings. The standard InChI is InChI=1S/C13H9Br2ClN2O2/c1-20-12-5-11(8(14)4-9(12)15)18-13(19)7-6-17-3-2-10(7)16/h2-6H,1H3,(H,18,19). The SMILES string of the molecule is COc1cc(NC(=O)c2cnccc2Cl)c(Br)cc1Br. The van der Waals surface area contributed by atoms with E-state index in [-0.39, 0.29) is 5.91 Å². The molecule has 0 atom stereocenters. The molecule has 0 aliphatic rings. The fourth-order valence-corrected chi connectivity index (χ4v) is 2.96. The summed E-state index contributed by atoms with van der Waals surface area (Å²) in [7, 11) is 1.55. The molecule has 0 spiro atoms. The number of carbonyl (C=O) groups excluding carboxylic acids is 1. The van der Waals surface area contributed by atoms with E-state index >= 15 is 0 Å². The molecule has 1 amide bonds. The van der Waals surface area contributed by atoms with Gasteiger partial charge in [0, 0.05) is 22.9 Å². The molecule has 0 aliphatic carbocycles. The highest BCUT2D eigenvalue weighted by Gasteiger charge is 2.14. The summed E-state index contributed by atoms with van der Waals surface area (Å²) in [6.07, 6.45) is 2.94.